The van der Waals surface area contributed by atoms with Crippen LogP contribution in [0.5, 0.6) is 11.5 Å². The lowest BCUT2D eigenvalue weighted by molar-refractivity contribution is 0.110. The highest BCUT2D eigenvalue weighted by molar-refractivity contribution is 5.27. The zero-order valence-corrected chi connectivity index (χ0v) is 18.8. The minimum atomic E-state index is 0.738. The standard InChI is InChI=1S/C28H38O2/c1-21-3-15-27(16-4-21)29-19-23-7-11-25(12-8-23)26-13-9-24(10-14-26)20-30-28-17-5-22(2)6-18-28/h3-6,15-18,23-26H,7-14,19-20H2,1-2H3. The van der Waals surface area contributed by atoms with Crippen molar-refractivity contribution < 1.29 is 9.47 Å². The van der Waals surface area contributed by atoms with Gasteiger partial charge in [0.1, 0.15) is 11.5 Å². The van der Waals surface area contributed by atoms with Gasteiger partial charge in [-0.3, -0.25) is 0 Å². The lowest BCUT2D eigenvalue weighted by Gasteiger charge is -2.37. The SMILES string of the molecule is Cc1ccc(OCC2CCC(C3CCC(COc4ccc(C)cc4)CC3)CC2)cc1. The molecule has 0 bridgehead atoms. The first-order chi connectivity index (χ1) is 14.7. The summed E-state index contributed by atoms with van der Waals surface area (Å²) in [6.07, 6.45) is 11.0. The molecule has 2 aromatic rings. The number of hydrogen-bond donors (Lipinski definition) is 0. The fraction of sp³-hybridized carbons (Fsp3) is 0.571. The van der Waals surface area contributed by atoms with Crippen LogP contribution in [-0.2, 0) is 0 Å². The molecular formula is C28H38O2. The van der Waals surface area contributed by atoms with Crippen LogP contribution in [0.2, 0.25) is 0 Å². The van der Waals surface area contributed by atoms with Gasteiger partial charge >= 0.3 is 0 Å². The number of rotatable bonds is 7. The number of hydrogen-bond acceptors (Lipinski definition) is 2. The first-order valence-corrected chi connectivity index (χ1v) is 12.0. The molecule has 0 aromatic heterocycles. The normalized spacial score (nSPS) is 26.9. The Bertz CT molecular complexity index is 681. The van der Waals surface area contributed by atoms with Gasteiger partial charge in [0, 0.05) is 0 Å². The van der Waals surface area contributed by atoms with Gasteiger partial charge in [-0.05, 0) is 113 Å². The smallest absolute Gasteiger partial charge is 0.119 e. The van der Waals surface area contributed by atoms with Crippen LogP contribution >= 0.6 is 0 Å². The van der Waals surface area contributed by atoms with Gasteiger partial charge in [-0.2, -0.15) is 0 Å². The molecule has 0 amide bonds. The highest BCUT2D eigenvalue weighted by atomic mass is 16.5. The first-order valence-electron chi connectivity index (χ1n) is 12.0. The summed E-state index contributed by atoms with van der Waals surface area (Å²) in [4.78, 5) is 0. The summed E-state index contributed by atoms with van der Waals surface area (Å²) in [5.74, 6) is 5.41. The van der Waals surface area contributed by atoms with Crippen molar-refractivity contribution in [2.24, 2.45) is 23.7 Å². The fourth-order valence-corrected chi connectivity index (χ4v) is 5.35. The first kappa shape index (κ1) is 21.3. The van der Waals surface area contributed by atoms with Crippen molar-refractivity contribution in [1.82, 2.24) is 0 Å². The predicted molar refractivity (Wildman–Crippen MR) is 124 cm³/mol. The van der Waals surface area contributed by atoms with Gasteiger partial charge in [0.15, 0.2) is 0 Å². The van der Waals surface area contributed by atoms with E-state index in [2.05, 4.69) is 62.4 Å². The van der Waals surface area contributed by atoms with Crippen LogP contribution in [0.1, 0.15) is 62.5 Å². The second-order valence-corrected chi connectivity index (χ2v) is 9.81. The van der Waals surface area contributed by atoms with Crippen molar-refractivity contribution >= 4 is 0 Å². The van der Waals surface area contributed by atoms with Gasteiger partial charge in [0.25, 0.3) is 0 Å². The minimum Gasteiger partial charge on any atom is -0.493 e. The topological polar surface area (TPSA) is 18.5 Å². The maximum Gasteiger partial charge on any atom is 0.119 e. The monoisotopic (exact) mass is 406 g/mol. The Hall–Kier alpha value is -1.96. The third-order valence-corrected chi connectivity index (χ3v) is 7.46. The van der Waals surface area contributed by atoms with Crippen LogP contribution in [0.3, 0.4) is 0 Å². The maximum absolute atomic E-state index is 6.05. The highest BCUT2D eigenvalue weighted by Crippen LogP contribution is 2.41. The molecule has 4 rings (SSSR count). The van der Waals surface area contributed by atoms with Crippen molar-refractivity contribution in [2.75, 3.05) is 13.2 Å². The summed E-state index contributed by atoms with van der Waals surface area (Å²) in [5, 5.41) is 0. The molecule has 0 radical (unpaired) electrons. The Kier molecular flexibility index (Phi) is 7.36. The van der Waals surface area contributed by atoms with Crippen LogP contribution in [-0.4, -0.2) is 13.2 Å². The summed E-state index contributed by atoms with van der Waals surface area (Å²) in [6.45, 7) is 6.02. The Labute approximate surface area is 183 Å². The molecule has 0 aliphatic heterocycles. The van der Waals surface area contributed by atoms with Gasteiger partial charge in [0.05, 0.1) is 13.2 Å². The van der Waals surface area contributed by atoms with Crippen molar-refractivity contribution in [1.29, 1.82) is 0 Å². The van der Waals surface area contributed by atoms with E-state index in [1.165, 1.54) is 62.5 Å². The number of benzene rings is 2. The number of aryl methyl sites for hydroxylation is 2. The molecule has 2 aromatic carbocycles. The quantitative estimate of drug-likeness (QED) is 0.478. The summed E-state index contributed by atoms with van der Waals surface area (Å²) in [6, 6.07) is 16.9. The molecule has 0 heterocycles. The highest BCUT2D eigenvalue weighted by Gasteiger charge is 2.31. The molecule has 162 valence electrons. The second kappa shape index (κ2) is 10.4. The van der Waals surface area contributed by atoms with Crippen LogP contribution in [0.25, 0.3) is 0 Å². The van der Waals surface area contributed by atoms with E-state index in [9.17, 15) is 0 Å². The van der Waals surface area contributed by atoms with Gasteiger partial charge in [0.2, 0.25) is 0 Å². The zero-order chi connectivity index (χ0) is 20.8. The van der Waals surface area contributed by atoms with E-state index in [1.54, 1.807) is 0 Å². The van der Waals surface area contributed by atoms with Crippen molar-refractivity contribution in [2.45, 2.75) is 65.2 Å². The van der Waals surface area contributed by atoms with Gasteiger partial charge < -0.3 is 9.47 Å². The molecular weight excluding hydrogens is 368 g/mol. The molecule has 0 unspecified atom stereocenters. The van der Waals surface area contributed by atoms with Crippen molar-refractivity contribution in [3.05, 3.63) is 59.7 Å². The van der Waals surface area contributed by atoms with E-state index in [1.807, 2.05) is 0 Å². The molecule has 2 saturated carbocycles. The van der Waals surface area contributed by atoms with E-state index in [-0.39, 0.29) is 0 Å². The lowest BCUT2D eigenvalue weighted by atomic mass is 9.69. The molecule has 30 heavy (non-hydrogen) atoms. The molecule has 0 N–H and O–H groups in total. The predicted octanol–water partition coefficient (Wildman–Crippen LogP) is 7.37. The largest absolute Gasteiger partial charge is 0.493 e. The van der Waals surface area contributed by atoms with Crippen LogP contribution < -0.4 is 9.47 Å². The summed E-state index contributed by atoms with van der Waals surface area (Å²) < 4.78 is 12.1. The molecule has 2 aliphatic rings. The third kappa shape index (κ3) is 6.03. The summed E-state index contributed by atoms with van der Waals surface area (Å²) in [7, 11) is 0. The molecule has 2 heteroatoms. The van der Waals surface area contributed by atoms with Gasteiger partial charge in [-0.1, -0.05) is 35.4 Å². The van der Waals surface area contributed by atoms with E-state index >= 15 is 0 Å². The van der Waals surface area contributed by atoms with E-state index in [4.69, 9.17) is 9.47 Å². The van der Waals surface area contributed by atoms with E-state index in [0.29, 0.717) is 0 Å². The maximum atomic E-state index is 6.05. The van der Waals surface area contributed by atoms with Gasteiger partial charge in [-0.25, -0.2) is 0 Å². The summed E-state index contributed by atoms with van der Waals surface area (Å²) in [5.41, 5.74) is 2.58. The van der Waals surface area contributed by atoms with Crippen LogP contribution in [0.15, 0.2) is 48.5 Å². The molecule has 2 fully saturated rings. The molecule has 0 atom stereocenters. The zero-order valence-electron chi connectivity index (χ0n) is 18.8. The second-order valence-electron chi connectivity index (χ2n) is 9.81. The molecule has 2 nitrogen and oxygen atoms in total. The van der Waals surface area contributed by atoms with E-state index < -0.39 is 0 Å². The average Bonchev–Trinajstić information content (AvgIpc) is 2.79. The fourth-order valence-electron chi connectivity index (χ4n) is 5.35. The van der Waals surface area contributed by atoms with Crippen LogP contribution in [0, 0.1) is 37.5 Å². The Morgan fingerprint density at radius 3 is 1.20 bits per heavy atom. The van der Waals surface area contributed by atoms with E-state index in [0.717, 1.165) is 48.4 Å². The van der Waals surface area contributed by atoms with Crippen LogP contribution in [0.4, 0.5) is 0 Å². The summed E-state index contributed by atoms with van der Waals surface area (Å²) >= 11 is 0. The van der Waals surface area contributed by atoms with Gasteiger partial charge in [-0.15, -0.1) is 0 Å². The Morgan fingerprint density at radius 1 is 0.533 bits per heavy atom. The van der Waals surface area contributed by atoms with Crippen molar-refractivity contribution in [3.8, 4) is 11.5 Å². The lowest BCUT2D eigenvalue weighted by Crippen LogP contribution is -2.28. The third-order valence-electron chi connectivity index (χ3n) is 7.46. The Morgan fingerprint density at radius 2 is 0.867 bits per heavy atom. The molecule has 0 spiro atoms. The molecule has 0 saturated heterocycles. The number of ether oxygens (including phenoxy) is 2. The van der Waals surface area contributed by atoms with Crippen molar-refractivity contribution in [3.63, 3.8) is 0 Å². The Balaban J connectivity index is 1.13. The molecule has 2 aliphatic carbocycles. The minimum absolute atomic E-state index is 0.738. The average molecular weight is 407 g/mol.